The largest absolute Gasteiger partial charge is 0.508 e. The summed E-state index contributed by atoms with van der Waals surface area (Å²) < 4.78 is 0. The number of phenols is 2. The topological polar surface area (TPSA) is 101 Å². The van der Waals surface area contributed by atoms with Crippen LogP contribution in [0.15, 0.2) is 36.4 Å². The molecule has 0 radical (unpaired) electrons. The molecule has 2 aromatic carbocycles. The van der Waals surface area contributed by atoms with E-state index in [0.29, 0.717) is 5.56 Å². The van der Waals surface area contributed by atoms with E-state index in [9.17, 15) is 25.1 Å². The van der Waals surface area contributed by atoms with Crippen LogP contribution in [-0.4, -0.2) is 20.9 Å². The molecule has 2 aromatic rings. The molecular formula is C14H11NO5. The molecule has 0 amide bonds. The van der Waals surface area contributed by atoms with Gasteiger partial charge >= 0.3 is 0 Å². The minimum absolute atomic E-state index is 0.0663. The number of benzene rings is 2. The molecule has 0 aliphatic rings. The molecule has 0 spiro atoms. The average molecular weight is 273 g/mol. The summed E-state index contributed by atoms with van der Waals surface area (Å²) in [5, 5.41) is 29.6. The molecule has 0 aromatic heterocycles. The fourth-order valence-corrected chi connectivity index (χ4v) is 1.92. The Balaban J connectivity index is 2.44. The number of phenolic OH excluding ortho intramolecular Hbond substituents is 2. The zero-order valence-electron chi connectivity index (χ0n) is 10.5. The summed E-state index contributed by atoms with van der Waals surface area (Å²) in [4.78, 5) is 22.3. The van der Waals surface area contributed by atoms with Crippen molar-refractivity contribution in [1.29, 1.82) is 0 Å². The Kier molecular flexibility index (Phi) is 3.39. The molecule has 20 heavy (non-hydrogen) atoms. The maximum Gasteiger partial charge on any atom is 0.269 e. The van der Waals surface area contributed by atoms with Gasteiger partial charge in [0.05, 0.1) is 10.5 Å². The first kappa shape index (κ1) is 13.5. The van der Waals surface area contributed by atoms with Gasteiger partial charge in [-0.25, -0.2) is 0 Å². The molecule has 0 aliphatic carbocycles. The summed E-state index contributed by atoms with van der Waals surface area (Å²) >= 11 is 0. The normalized spacial score (nSPS) is 10.2. The smallest absolute Gasteiger partial charge is 0.269 e. The standard InChI is InChI=1S/C14H11NO5/c1-8-6-11(16)7-12(17)13(8)14(18)9-2-4-10(5-3-9)15(19)20/h2-7,16-17H,1H3. The number of nitrogens with zero attached hydrogens (tertiary/aromatic N) is 1. The summed E-state index contributed by atoms with van der Waals surface area (Å²) in [6.07, 6.45) is 0. The van der Waals surface area contributed by atoms with Crippen LogP contribution in [0, 0.1) is 17.0 Å². The maximum absolute atomic E-state index is 12.3. The number of aromatic hydroxyl groups is 2. The number of aryl methyl sites for hydroxylation is 1. The van der Waals surface area contributed by atoms with Crippen LogP contribution in [0.1, 0.15) is 21.5 Å². The summed E-state index contributed by atoms with van der Waals surface area (Å²) in [6.45, 7) is 1.58. The lowest BCUT2D eigenvalue weighted by Crippen LogP contribution is -2.04. The van der Waals surface area contributed by atoms with Crippen molar-refractivity contribution in [2.24, 2.45) is 0 Å². The van der Waals surface area contributed by atoms with Gasteiger partial charge in [-0.15, -0.1) is 0 Å². The SMILES string of the molecule is Cc1cc(O)cc(O)c1C(=O)c1ccc([N+](=O)[O-])cc1. The van der Waals surface area contributed by atoms with Gasteiger partial charge in [0.25, 0.3) is 5.69 Å². The Hall–Kier alpha value is -2.89. The number of non-ortho nitro benzene ring substituents is 1. The summed E-state index contributed by atoms with van der Waals surface area (Å²) in [6, 6.07) is 7.53. The van der Waals surface area contributed by atoms with Crippen molar-refractivity contribution in [2.45, 2.75) is 6.92 Å². The number of carbonyl (C=O) groups is 1. The second-order valence-electron chi connectivity index (χ2n) is 4.29. The third-order valence-corrected chi connectivity index (χ3v) is 2.87. The number of nitro groups is 1. The second kappa shape index (κ2) is 5.00. The third-order valence-electron chi connectivity index (χ3n) is 2.87. The highest BCUT2D eigenvalue weighted by atomic mass is 16.6. The number of nitro benzene ring substituents is 1. The molecule has 0 bridgehead atoms. The number of rotatable bonds is 3. The zero-order chi connectivity index (χ0) is 14.9. The summed E-state index contributed by atoms with van der Waals surface area (Å²) in [5.74, 6) is -0.930. The molecule has 0 unspecified atom stereocenters. The quantitative estimate of drug-likeness (QED) is 0.508. The van der Waals surface area contributed by atoms with E-state index in [1.165, 1.54) is 30.3 Å². The van der Waals surface area contributed by atoms with Gasteiger partial charge in [0.2, 0.25) is 0 Å². The molecule has 0 saturated carbocycles. The van der Waals surface area contributed by atoms with E-state index < -0.39 is 10.7 Å². The third kappa shape index (κ3) is 2.44. The van der Waals surface area contributed by atoms with Crippen LogP contribution in [0.2, 0.25) is 0 Å². The molecule has 0 fully saturated rings. The van der Waals surface area contributed by atoms with Crippen molar-refractivity contribution in [1.82, 2.24) is 0 Å². The highest BCUT2D eigenvalue weighted by Gasteiger charge is 2.18. The molecule has 2 N–H and O–H groups in total. The predicted octanol–water partition coefficient (Wildman–Crippen LogP) is 2.55. The van der Waals surface area contributed by atoms with E-state index in [0.717, 1.165) is 6.07 Å². The van der Waals surface area contributed by atoms with Crippen LogP contribution in [0.5, 0.6) is 11.5 Å². The van der Waals surface area contributed by atoms with Gasteiger partial charge in [0, 0.05) is 23.8 Å². The first-order valence-electron chi connectivity index (χ1n) is 5.72. The van der Waals surface area contributed by atoms with E-state index in [2.05, 4.69) is 0 Å². The lowest BCUT2D eigenvalue weighted by atomic mass is 9.97. The molecule has 0 aliphatic heterocycles. The van der Waals surface area contributed by atoms with E-state index in [4.69, 9.17) is 0 Å². The van der Waals surface area contributed by atoms with Crippen LogP contribution < -0.4 is 0 Å². The van der Waals surface area contributed by atoms with Crippen molar-refractivity contribution >= 4 is 11.5 Å². The fraction of sp³-hybridized carbons (Fsp3) is 0.0714. The van der Waals surface area contributed by atoms with E-state index in [-0.39, 0.29) is 28.3 Å². The van der Waals surface area contributed by atoms with Gasteiger partial charge in [-0.1, -0.05) is 0 Å². The Morgan fingerprint density at radius 1 is 1.15 bits per heavy atom. The lowest BCUT2D eigenvalue weighted by molar-refractivity contribution is -0.384. The number of ketones is 1. The number of carbonyl (C=O) groups excluding carboxylic acids is 1. The summed E-state index contributed by atoms with van der Waals surface area (Å²) in [5.41, 5.74) is 0.593. The molecule has 2 rings (SSSR count). The predicted molar refractivity (Wildman–Crippen MR) is 71.0 cm³/mol. The Morgan fingerprint density at radius 3 is 2.25 bits per heavy atom. The lowest BCUT2D eigenvalue weighted by Gasteiger charge is -2.08. The summed E-state index contributed by atoms with van der Waals surface area (Å²) in [7, 11) is 0. The highest BCUT2D eigenvalue weighted by Crippen LogP contribution is 2.29. The van der Waals surface area contributed by atoms with Crippen LogP contribution in [0.4, 0.5) is 5.69 Å². The first-order valence-corrected chi connectivity index (χ1v) is 5.72. The number of hydrogen-bond donors (Lipinski definition) is 2. The maximum atomic E-state index is 12.3. The van der Waals surface area contributed by atoms with Crippen LogP contribution in [0.25, 0.3) is 0 Å². The van der Waals surface area contributed by atoms with Crippen molar-refractivity contribution < 1.29 is 19.9 Å². The Labute approximate surface area is 114 Å². The molecule has 0 saturated heterocycles. The van der Waals surface area contributed by atoms with E-state index in [1.807, 2.05) is 0 Å². The van der Waals surface area contributed by atoms with Gasteiger partial charge in [0.1, 0.15) is 11.5 Å². The van der Waals surface area contributed by atoms with Gasteiger partial charge < -0.3 is 10.2 Å². The van der Waals surface area contributed by atoms with Crippen molar-refractivity contribution in [3.8, 4) is 11.5 Å². The zero-order valence-corrected chi connectivity index (χ0v) is 10.5. The van der Waals surface area contributed by atoms with Crippen LogP contribution in [-0.2, 0) is 0 Å². The average Bonchev–Trinajstić information content (AvgIpc) is 2.37. The Morgan fingerprint density at radius 2 is 1.75 bits per heavy atom. The first-order chi connectivity index (χ1) is 9.40. The van der Waals surface area contributed by atoms with Gasteiger partial charge in [-0.3, -0.25) is 14.9 Å². The molecule has 102 valence electrons. The van der Waals surface area contributed by atoms with Gasteiger partial charge in [0.15, 0.2) is 5.78 Å². The van der Waals surface area contributed by atoms with Gasteiger partial charge in [-0.2, -0.15) is 0 Å². The van der Waals surface area contributed by atoms with Crippen molar-refractivity contribution in [3.63, 3.8) is 0 Å². The minimum atomic E-state index is -0.558. The van der Waals surface area contributed by atoms with Gasteiger partial charge in [-0.05, 0) is 30.7 Å². The number of hydrogen-bond acceptors (Lipinski definition) is 5. The van der Waals surface area contributed by atoms with Crippen LogP contribution >= 0.6 is 0 Å². The molecule has 6 heteroatoms. The highest BCUT2D eigenvalue weighted by molar-refractivity contribution is 6.11. The molecular weight excluding hydrogens is 262 g/mol. The molecule has 0 atom stereocenters. The van der Waals surface area contributed by atoms with Crippen molar-refractivity contribution in [2.75, 3.05) is 0 Å². The second-order valence-corrected chi connectivity index (χ2v) is 4.29. The van der Waals surface area contributed by atoms with E-state index >= 15 is 0 Å². The monoisotopic (exact) mass is 273 g/mol. The van der Waals surface area contributed by atoms with Crippen LogP contribution in [0.3, 0.4) is 0 Å². The fourth-order valence-electron chi connectivity index (χ4n) is 1.92. The van der Waals surface area contributed by atoms with Crippen molar-refractivity contribution in [3.05, 3.63) is 63.2 Å². The van der Waals surface area contributed by atoms with E-state index in [1.54, 1.807) is 6.92 Å². The molecule has 0 heterocycles. The Bertz CT molecular complexity index is 668. The molecule has 6 nitrogen and oxygen atoms in total. The minimum Gasteiger partial charge on any atom is -0.508 e.